The Morgan fingerprint density at radius 1 is 1.36 bits per heavy atom. The van der Waals surface area contributed by atoms with Crippen LogP contribution < -0.4 is 0 Å². The topological polar surface area (TPSA) is 25.4 Å². The molecule has 1 saturated heterocycles. The van der Waals surface area contributed by atoms with Crippen LogP contribution in [0.5, 0.6) is 0 Å². The Morgan fingerprint density at radius 3 is 2.95 bits per heavy atom. The molecule has 1 fully saturated rings. The third-order valence-electron chi connectivity index (χ3n) is 3.75. The van der Waals surface area contributed by atoms with Crippen molar-refractivity contribution in [3.05, 3.63) is 49.9 Å². The van der Waals surface area contributed by atoms with Gasteiger partial charge < -0.3 is 4.74 Å². The molecule has 3 nitrogen and oxygen atoms in total. The fraction of sp³-hybridized carbons (Fsp3) is 0.438. The molecule has 118 valence electrons. The summed E-state index contributed by atoms with van der Waals surface area (Å²) < 4.78 is 5.89. The van der Waals surface area contributed by atoms with Crippen molar-refractivity contribution in [1.82, 2.24) is 9.88 Å². The van der Waals surface area contributed by atoms with Gasteiger partial charge in [-0.2, -0.15) is 0 Å². The van der Waals surface area contributed by atoms with Crippen LogP contribution in [0.15, 0.2) is 23.6 Å². The van der Waals surface area contributed by atoms with Gasteiger partial charge in [0.25, 0.3) is 0 Å². The summed E-state index contributed by atoms with van der Waals surface area (Å²) in [6, 6.07) is 5.71. The summed E-state index contributed by atoms with van der Waals surface area (Å²) in [7, 11) is 0. The second kappa shape index (κ2) is 7.28. The van der Waals surface area contributed by atoms with Gasteiger partial charge in [0.05, 0.1) is 33.5 Å². The van der Waals surface area contributed by atoms with Gasteiger partial charge in [-0.15, -0.1) is 11.3 Å². The quantitative estimate of drug-likeness (QED) is 0.801. The number of halogens is 2. The van der Waals surface area contributed by atoms with Crippen molar-refractivity contribution >= 4 is 34.5 Å². The number of nitrogens with zero attached hydrogens (tertiary/aromatic N) is 2. The van der Waals surface area contributed by atoms with Gasteiger partial charge >= 0.3 is 0 Å². The van der Waals surface area contributed by atoms with E-state index >= 15 is 0 Å². The van der Waals surface area contributed by atoms with E-state index in [1.807, 2.05) is 18.2 Å². The SMILES string of the molecule is CCc1nc(CN2CCO[C@@H](c3ccc(Cl)c(Cl)c3)C2)cs1. The highest BCUT2D eigenvalue weighted by atomic mass is 35.5. The van der Waals surface area contributed by atoms with Gasteiger partial charge in [0.1, 0.15) is 0 Å². The van der Waals surface area contributed by atoms with Crippen LogP contribution in [0.4, 0.5) is 0 Å². The second-order valence-electron chi connectivity index (χ2n) is 5.35. The highest BCUT2D eigenvalue weighted by Gasteiger charge is 2.23. The first kappa shape index (κ1) is 16.2. The maximum Gasteiger partial charge on any atom is 0.0953 e. The number of thiazole rings is 1. The molecule has 0 unspecified atom stereocenters. The summed E-state index contributed by atoms with van der Waals surface area (Å²) in [4.78, 5) is 7.02. The minimum Gasteiger partial charge on any atom is -0.371 e. The largest absolute Gasteiger partial charge is 0.371 e. The Morgan fingerprint density at radius 2 is 2.23 bits per heavy atom. The lowest BCUT2D eigenvalue weighted by molar-refractivity contribution is -0.0332. The summed E-state index contributed by atoms with van der Waals surface area (Å²) in [6.45, 7) is 5.50. The average Bonchev–Trinajstić information content (AvgIpc) is 2.98. The maximum atomic E-state index is 6.11. The van der Waals surface area contributed by atoms with E-state index in [1.165, 1.54) is 5.01 Å². The molecule has 1 aromatic heterocycles. The summed E-state index contributed by atoms with van der Waals surface area (Å²) in [6.07, 6.45) is 1.03. The first-order valence-corrected chi connectivity index (χ1v) is 9.01. The average molecular weight is 357 g/mol. The second-order valence-corrected chi connectivity index (χ2v) is 7.11. The highest BCUT2D eigenvalue weighted by Crippen LogP contribution is 2.29. The van der Waals surface area contributed by atoms with E-state index in [4.69, 9.17) is 27.9 Å². The van der Waals surface area contributed by atoms with Gasteiger partial charge in [0, 0.05) is 25.0 Å². The van der Waals surface area contributed by atoms with Gasteiger partial charge in [-0.05, 0) is 24.1 Å². The number of aryl methyl sites for hydroxylation is 1. The van der Waals surface area contributed by atoms with E-state index in [-0.39, 0.29) is 6.10 Å². The first-order valence-electron chi connectivity index (χ1n) is 7.38. The molecule has 6 heteroatoms. The molecule has 0 amide bonds. The number of benzene rings is 1. The molecule has 1 aliphatic heterocycles. The summed E-state index contributed by atoms with van der Waals surface area (Å²) in [5, 5.41) is 4.51. The molecule has 2 heterocycles. The van der Waals surface area contributed by atoms with Crippen LogP contribution >= 0.6 is 34.5 Å². The zero-order valence-electron chi connectivity index (χ0n) is 12.4. The lowest BCUT2D eigenvalue weighted by atomic mass is 10.1. The van der Waals surface area contributed by atoms with Crippen LogP contribution in [0.1, 0.15) is 29.3 Å². The summed E-state index contributed by atoms with van der Waals surface area (Å²) in [5.74, 6) is 0. The molecule has 0 bridgehead atoms. The zero-order chi connectivity index (χ0) is 15.5. The van der Waals surface area contributed by atoms with Gasteiger partial charge in [0.2, 0.25) is 0 Å². The van der Waals surface area contributed by atoms with Crippen LogP contribution in [0.25, 0.3) is 0 Å². The van der Waals surface area contributed by atoms with Crippen LogP contribution in [0.2, 0.25) is 10.0 Å². The molecule has 22 heavy (non-hydrogen) atoms. The molecule has 1 aromatic carbocycles. The van der Waals surface area contributed by atoms with E-state index in [9.17, 15) is 0 Å². The molecular weight excluding hydrogens is 339 g/mol. The lowest BCUT2D eigenvalue weighted by Crippen LogP contribution is -2.37. The van der Waals surface area contributed by atoms with E-state index in [0.717, 1.165) is 43.9 Å². The minimum atomic E-state index is 0.0350. The van der Waals surface area contributed by atoms with Crippen LogP contribution in [-0.2, 0) is 17.7 Å². The van der Waals surface area contributed by atoms with Crippen LogP contribution in [-0.4, -0.2) is 29.6 Å². The minimum absolute atomic E-state index is 0.0350. The van der Waals surface area contributed by atoms with Crippen molar-refractivity contribution in [3.8, 4) is 0 Å². The van der Waals surface area contributed by atoms with Gasteiger partial charge in [-0.1, -0.05) is 36.2 Å². The Bertz CT molecular complexity index is 647. The van der Waals surface area contributed by atoms with Gasteiger partial charge in [-0.3, -0.25) is 4.90 Å². The van der Waals surface area contributed by atoms with Crippen molar-refractivity contribution in [2.24, 2.45) is 0 Å². The maximum absolute atomic E-state index is 6.11. The third kappa shape index (κ3) is 3.81. The molecule has 0 N–H and O–H groups in total. The van der Waals surface area contributed by atoms with E-state index in [2.05, 4.69) is 22.2 Å². The van der Waals surface area contributed by atoms with Crippen LogP contribution in [0.3, 0.4) is 0 Å². The number of aromatic nitrogens is 1. The fourth-order valence-electron chi connectivity index (χ4n) is 2.57. The Labute approximate surface area is 144 Å². The summed E-state index contributed by atoms with van der Waals surface area (Å²) >= 11 is 13.8. The van der Waals surface area contributed by atoms with Gasteiger partial charge in [0.15, 0.2) is 0 Å². The van der Waals surface area contributed by atoms with Crippen molar-refractivity contribution in [2.45, 2.75) is 26.0 Å². The summed E-state index contributed by atoms with van der Waals surface area (Å²) in [5.41, 5.74) is 2.23. The normalized spacial score (nSPS) is 19.5. The van der Waals surface area contributed by atoms with Crippen LogP contribution in [0, 0.1) is 0 Å². The van der Waals surface area contributed by atoms with Crippen molar-refractivity contribution in [1.29, 1.82) is 0 Å². The van der Waals surface area contributed by atoms with Crippen molar-refractivity contribution in [2.75, 3.05) is 19.7 Å². The molecule has 1 aliphatic rings. The number of morpholine rings is 1. The highest BCUT2D eigenvalue weighted by molar-refractivity contribution is 7.09. The lowest BCUT2D eigenvalue weighted by Gasteiger charge is -2.32. The fourth-order valence-corrected chi connectivity index (χ4v) is 3.62. The molecule has 0 radical (unpaired) electrons. The first-order chi connectivity index (χ1) is 10.7. The predicted molar refractivity (Wildman–Crippen MR) is 91.9 cm³/mol. The molecule has 1 atom stereocenters. The Kier molecular flexibility index (Phi) is 5.37. The van der Waals surface area contributed by atoms with E-state index < -0.39 is 0 Å². The Hall–Kier alpha value is -0.650. The smallest absolute Gasteiger partial charge is 0.0953 e. The third-order valence-corrected chi connectivity index (χ3v) is 5.53. The standard InChI is InChI=1S/C16H18Cl2N2OS/c1-2-16-19-12(10-22-16)8-20-5-6-21-15(9-20)11-3-4-13(17)14(18)7-11/h3-4,7,10,15H,2,5-6,8-9H2,1H3/t15-/m1/s1. The van der Waals surface area contributed by atoms with E-state index in [1.54, 1.807) is 11.3 Å². The zero-order valence-corrected chi connectivity index (χ0v) is 14.7. The van der Waals surface area contributed by atoms with Crippen molar-refractivity contribution < 1.29 is 4.74 Å². The molecule has 2 aromatic rings. The Balaban J connectivity index is 1.67. The molecule has 0 saturated carbocycles. The number of hydrogen-bond donors (Lipinski definition) is 0. The van der Waals surface area contributed by atoms with Gasteiger partial charge in [-0.25, -0.2) is 4.98 Å². The molecule has 3 rings (SSSR count). The molecular formula is C16H18Cl2N2OS. The predicted octanol–water partition coefficient (Wildman–Crippen LogP) is 4.59. The molecule has 0 aliphatic carbocycles. The number of ether oxygens (including phenoxy) is 1. The van der Waals surface area contributed by atoms with E-state index in [0.29, 0.717) is 10.0 Å². The number of hydrogen-bond acceptors (Lipinski definition) is 4. The number of rotatable bonds is 4. The monoisotopic (exact) mass is 356 g/mol. The van der Waals surface area contributed by atoms with Crippen molar-refractivity contribution in [3.63, 3.8) is 0 Å². The molecule has 0 spiro atoms.